The van der Waals surface area contributed by atoms with Crippen molar-refractivity contribution in [1.82, 2.24) is 25.1 Å². The molecule has 0 aromatic carbocycles. The second-order valence-electron chi connectivity index (χ2n) is 4.38. The van der Waals surface area contributed by atoms with Gasteiger partial charge >= 0.3 is 0 Å². The van der Waals surface area contributed by atoms with Gasteiger partial charge in [0.05, 0.1) is 5.75 Å². The molecule has 0 saturated heterocycles. The van der Waals surface area contributed by atoms with E-state index in [1.807, 2.05) is 26.1 Å². The van der Waals surface area contributed by atoms with Crippen LogP contribution in [0.3, 0.4) is 0 Å². The van der Waals surface area contributed by atoms with E-state index in [4.69, 9.17) is 0 Å². The first-order chi connectivity index (χ1) is 9.66. The molecule has 0 aliphatic heterocycles. The summed E-state index contributed by atoms with van der Waals surface area (Å²) in [6.07, 6.45) is 4.13. The zero-order valence-electron chi connectivity index (χ0n) is 11.5. The van der Waals surface area contributed by atoms with Gasteiger partial charge in [-0.15, -0.1) is 10.2 Å². The lowest BCUT2D eigenvalue weighted by Crippen LogP contribution is -2.27. The van der Waals surface area contributed by atoms with Gasteiger partial charge in [-0.05, 0) is 18.6 Å². The standard InChI is InChI=1S/C13H17N5OS/c1-10-4-3-6-14-11(10)5-7-15-12(19)8-20-13-17-16-9-18(13)2/h3-4,6,9H,5,7-8H2,1-2H3,(H,15,19). The molecule has 0 radical (unpaired) electrons. The molecular formula is C13H17N5OS. The van der Waals surface area contributed by atoms with Gasteiger partial charge in [-0.1, -0.05) is 17.8 Å². The molecule has 0 bridgehead atoms. The van der Waals surface area contributed by atoms with Crippen molar-refractivity contribution in [2.24, 2.45) is 7.05 Å². The van der Waals surface area contributed by atoms with Gasteiger partial charge in [0.2, 0.25) is 5.91 Å². The van der Waals surface area contributed by atoms with Crippen molar-refractivity contribution < 1.29 is 4.79 Å². The Balaban J connectivity index is 1.71. The van der Waals surface area contributed by atoms with Crippen LogP contribution in [0.4, 0.5) is 0 Å². The summed E-state index contributed by atoms with van der Waals surface area (Å²) in [5.74, 6) is 0.333. The van der Waals surface area contributed by atoms with Crippen LogP contribution >= 0.6 is 11.8 Å². The van der Waals surface area contributed by atoms with Gasteiger partial charge < -0.3 is 9.88 Å². The van der Waals surface area contributed by atoms with Crippen LogP contribution in [0, 0.1) is 6.92 Å². The first kappa shape index (κ1) is 14.5. The van der Waals surface area contributed by atoms with E-state index in [0.717, 1.165) is 22.8 Å². The van der Waals surface area contributed by atoms with E-state index in [-0.39, 0.29) is 5.91 Å². The Morgan fingerprint density at radius 3 is 3.05 bits per heavy atom. The topological polar surface area (TPSA) is 72.7 Å². The van der Waals surface area contributed by atoms with Gasteiger partial charge in [0.15, 0.2) is 5.16 Å². The molecule has 1 N–H and O–H groups in total. The van der Waals surface area contributed by atoms with E-state index in [0.29, 0.717) is 12.3 Å². The number of amides is 1. The molecule has 2 aromatic rings. The Morgan fingerprint density at radius 2 is 2.35 bits per heavy atom. The van der Waals surface area contributed by atoms with E-state index in [1.54, 1.807) is 17.1 Å². The van der Waals surface area contributed by atoms with Crippen LogP contribution in [0.25, 0.3) is 0 Å². The third-order valence-corrected chi connectivity index (χ3v) is 3.84. The molecule has 1 amide bonds. The molecule has 0 aliphatic carbocycles. The highest BCUT2D eigenvalue weighted by Gasteiger charge is 2.07. The average molecular weight is 291 g/mol. The quantitative estimate of drug-likeness (QED) is 0.803. The van der Waals surface area contributed by atoms with Crippen molar-refractivity contribution in [3.63, 3.8) is 0 Å². The second-order valence-corrected chi connectivity index (χ2v) is 5.32. The first-order valence-corrected chi connectivity index (χ1v) is 7.29. The van der Waals surface area contributed by atoms with Crippen molar-refractivity contribution in [1.29, 1.82) is 0 Å². The van der Waals surface area contributed by atoms with Crippen LogP contribution in [0.2, 0.25) is 0 Å². The highest BCUT2D eigenvalue weighted by atomic mass is 32.2. The van der Waals surface area contributed by atoms with Crippen LogP contribution in [-0.4, -0.2) is 38.0 Å². The number of hydrogen-bond donors (Lipinski definition) is 1. The minimum atomic E-state index is -0.00779. The molecular weight excluding hydrogens is 274 g/mol. The van der Waals surface area contributed by atoms with Gasteiger partial charge in [-0.25, -0.2) is 0 Å². The zero-order chi connectivity index (χ0) is 14.4. The monoisotopic (exact) mass is 291 g/mol. The van der Waals surface area contributed by atoms with E-state index in [9.17, 15) is 4.79 Å². The van der Waals surface area contributed by atoms with Crippen LogP contribution in [0.1, 0.15) is 11.3 Å². The summed E-state index contributed by atoms with van der Waals surface area (Å²) >= 11 is 1.37. The molecule has 0 spiro atoms. The Bertz CT molecular complexity index is 584. The van der Waals surface area contributed by atoms with Crippen LogP contribution in [0.15, 0.2) is 29.8 Å². The lowest BCUT2D eigenvalue weighted by atomic mass is 10.2. The first-order valence-electron chi connectivity index (χ1n) is 6.31. The number of aromatic nitrogens is 4. The SMILES string of the molecule is Cc1cccnc1CCNC(=O)CSc1nncn1C. The van der Waals surface area contributed by atoms with Crippen LogP contribution < -0.4 is 5.32 Å². The molecule has 0 atom stereocenters. The lowest BCUT2D eigenvalue weighted by molar-refractivity contribution is -0.118. The minimum Gasteiger partial charge on any atom is -0.355 e. The number of pyridine rings is 1. The number of thioether (sulfide) groups is 1. The fraction of sp³-hybridized carbons (Fsp3) is 0.385. The highest BCUT2D eigenvalue weighted by Crippen LogP contribution is 2.12. The van der Waals surface area contributed by atoms with E-state index in [1.165, 1.54) is 11.8 Å². The zero-order valence-corrected chi connectivity index (χ0v) is 12.4. The summed E-state index contributed by atoms with van der Waals surface area (Å²) in [5.41, 5.74) is 2.17. The van der Waals surface area contributed by atoms with Gasteiger partial charge in [0.1, 0.15) is 6.33 Å². The summed E-state index contributed by atoms with van der Waals surface area (Å²) in [6.45, 7) is 2.62. The van der Waals surface area contributed by atoms with Crippen molar-refractivity contribution in [2.45, 2.75) is 18.5 Å². The number of nitrogens with zero attached hydrogens (tertiary/aromatic N) is 4. The maximum atomic E-state index is 11.7. The van der Waals surface area contributed by atoms with E-state index < -0.39 is 0 Å². The highest BCUT2D eigenvalue weighted by molar-refractivity contribution is 7.99. The molecule has 106 valence electrons. The Labute approximate surface area is 122 Å². The summed E-state index contributed by atoms with van der Waals surface area (Å²) < 4.78 is 1.79. The van der Waals surface area contributed by atoms with Crippen LogP contribution in [-0.2, 0) is 18.3 Å². The Kier molecular flexibility index (Phi) is 5.11. The van der Waals surface area contributed by atoms with Crippen molar-refractivity contribution >= 4 is 17.7 Å². The predicted molar refractivity (Wildman–Crippen MR) is 77.4 cm³/mol. The van der Waals surface area contributed by atoms with Crippen molar-refractivity contribution in [3.05, 3.63) is 35.9 Å². The van der Waals surface area contributed by atoms with Crippen molar-refractivity contribution in [2.75, 3.05) is 12.3 Å². The third kappa shape index (κ3) is 4.06. The minimum absolute atomic E-state index is 0.00779. The maximum absolute atomic E-state index is 11.7. The fourth-order valence-corrected chi connectivity index (χ4v) is 2.40. The number of carbonyl (C=O) groups excluding carboxylic acids is 1. The van der Waals surface area contributed by atoms with Gasteiger partial charge in [0.25, 0.3) is 0 Å². The van der Waals surface area contributed by atoms with E-state index in [2.05, 4.69) is 20.5 Å². The summed E-state index contributed by atoms with van der Waals surface area (Å²) in [7, 11) is 1.85. The molecule has 2 rings (SSSR count). The predicted octanol–water partition coefficient (Wildman–Crippen LogP) is 0.970. The van der Waals surface area contributed by atoms with Crippen molar-refractivity contribution in [3.8, 4) is 0 Å². The molecule has 20 heavy (non-hydrogen) atoms. The number of carbonyl (C=O) groups is 1. The lowest BCUT2D eigenvalue weighted by Gasteiger charge is -2.06. The molecule has 7 heteroatoms. The molecule has 0 fully saturated rings. The third-order valence-electron chi connectivity index (χ3n) is 2.80. The van der Waals surface area contributed by atoms with Gasteiger partial charge in [-0.3, -0.25) is 9.78 Å². The summed E-state index contributed by atoms with van der Waals surface area (Å²) in [6, 6.07) is 3.93. The largest absolute Gasteiger partial charge is 0.355 e. The van der Waals surface area contributed by atoms with Gasteiger partial charge in [-0.2, -0.15) is 0 Å². The molecule has 0 saturated carbocycles. The molecule has 2 aromatic heterocycles. The Hall–Kier alpha value is -1.89. The number of hydrogen-bond acceptors (Lipinski definition) is 5. The molecule has 0 unspecified atom stereocenters. The fourth-order valence-electron chi connectivity index (χ4n) is 1.68. The molecule has 0 aliphatic rings. The number of rotatable bonds is 6. The normalized spacial score (nSPS) is 10.5. The van der Waals surface area contributed by atoms with Gasteiger partial charge in [0, 0.05) is 31.9 Å². The number of aryl methyl sites for hydroxylation is 2. The summed E-state index contributed by atoms with van der Waals surface area (Å²) in [4.78, 5) is 16.0. The summed E-state index contributed by atoms with van der Waals surface area (Å²) in [5, 5.41) is 11.3. The average Bonchev–Trinajstić information content (AvgIpc) is 2.84. The number of nitrogens with one attached hydrogen (secondary N) is 1. The Morgan fingerprint density at radius 1 is 1.50 bits per heavy atom. The van der Waals surface area contributed by atoms with E-state index >= 15 is 0 Å². The smallest absolute Gasteiger partial charge is 0.230 e. The van der Waals surface area contributed by atoms with Crippen LogP contribution in [0.5, 0.6) is 0 Å². The maximum Gasteiger partial charge on any atom is 0.230 e. The molecule has 2 heterocycles. The second kappa shape index (κ2) is 7.04. The molecule has 6 nitrogen and oxygen atoms in total.